The van der Waals surface area contributed by atoms with Crippen molar-refractivity contribution in [2.24, 2.45) is 5.73 Å². The van der Waals surface area contributed by atoms with Crippen LogP contribution in [0.1, 0.15) is 17.3 Å². The summed E-state index contributed by atoms with van der Waals surface area (Å²) < 4.78 is 12.4. The molecule has 0 radical (unpaired) electrons. The Balaban J connectivity index is 2.23. The van der Waals surface area contributed by atoms with E-state index in [0.29, 0.717) is 6.54 Å². The fraction of sp³-hybridized carbons (Fsp3) is 0.357. The highest BCUT2D eigenvalue weighted by atomic mass is 16.5. The molecule has 19 heavy (non-hydrogen) atoms. The average Bonchev–Trinajstić information content (AvgIpc) is 2.83. The summed E-state index contributed by atoms with van der Waals surface area (Å²) in [6, 6.07) is 7.37. The number of aryl methyl sites for hydroxylation is 1. The topological polar surface area (TPSA) is 62.3 Å². The molecule has 0 bridgehead atoms. The summed E-state index contributed by atoms with van der Waals surface area (Å²) in [6.45, 7) is 2.55. The Kier molecular flexibility index (Phi) is 4.06. The molecule has 2 aromatic rings. The van der Waals surface area contributed by atoms with Gasteiger partial charge in [0.05, 0.1) is 32.5 Å². The molecule has 2 rings (SSSR count). The van der Waals surface area contributed by atoms with Gasteiger partial charge in [-0.2, -0.15) is 5.10 Å². The molecule has 0 saturated carbocycles. The molecule has 0 fully saturated rings. The number of methoxy groups -OCH3 is 2. The van der Waals surface area contributed by atoms with E-state index in [-0.39, 0.29) is 6.04 Å². The monoisotopic (exact) mass is 261 g/mol. The second-order valence-electron chi connectivity index (χ2n) is 4.39. The number of ether oxygens (including phenoxy) is 2. The molecule has 1 atom stereocenters. The number of nitrogens with zero attached hydrogens (tertiary/aromatic N) is 2. The molecule has 0 spiro atoms. The van der Waals surface area contributed by atoms with Gasteiger partial charge < -0.3 is 15.2 Å². The lowest BCUT2D eigenvalue weighted by atomic mass is 10.1. The lowest BCUT2D eigenvalue weighted by molar-refractivity contribution is 0.390. The zero-order valence-corrected chi connectivity index (χ0v) is 11.5. The minimum atomic E-state index is -0.204. The number of rotatable bonds is 5. The third-order valence-electron chi connectivity index (χ3n) is 2.99. The highest BCUT2D eigenvalue weighted by Crippen LogP contribution is 2.28. The highest BCUT2D eigenvalue weighted by Gasteiger charge is 2.14. The standard InChI is InChI=1S/C14H19N3O2/c1-10-6-7-17(16-10)9-13(15)12-8-11(18-2)4-5-14(12)19-3/h4-8,13H,9,15H2,1-3H3. The van der Waals surface area contributed by atoms with E-state index >= 15 is 0 Å². The Morgan fingerprint density at radius 3 is 2.63 bits per heavy atom. The SMILES string of the molecule is COc1ccc(OC)c(C(N)Cn2ccc(C)n2)c1. The summed E-state index contributed by atoms with van der Waals surface area (Å²) in [5.41, 5.74) is 8.13. The van der Waals surface area contributed by atoms with Gasteiger partial charge in [-0.15, -0.1) is 0 Å². The number of hydrogen-bond donors (Lipinski definition) is 1. The quantitative estimate of drug-likeness (QED) is 0.893. The fourth-order valence-electron chi connectivity index (χ4n) is 1.99. The van der Waals surface area contributed by atoms with Crippen molar-refractivity contribution in [2.45, 2.75) is 19.5 Å². The van der Waals surface area contributed by atoms with Crippen LogP contribution in [0.2, 0.25) is 0 Å². The molecule has 1 aromatic carbocycles. The molecular weight excluding hydrogens is 242 g/mol. The molecule has 2 N–H and O–H groups in total. The molecule has 1 aromatic heterocycles. The van der Waals surface area contributed by atoms with Crippen LogP contribution in [-0.2, 0) is 6.54 Å². The smallest absolute Gasteiger partial charge is 0.123 e. The minimum Gasteiger partial charge on any atom is -0.497 e. The molecule has 5 nitrogen and oxygen atoms in total. The maximum atomic E-state index is 6.24. The van der Waals surface area contributed by atoms with Crippen molar-refractivity contribution in [2.75, 3.05) is 14.2 Å². The molecule has 1 unspecified atom stereocenters. The molecule has 0 saturated heterocycles. The van der Waals surface area contributed by atoms with Crippen molar-refractivity contribution in [3.8, 4) is 11.5 Å². The van der Waals surface area contributed by atoms with E-state index in [9.17, 15) is 0 Å². The van der Waals surface area contributed by atoms with Crippen molar-refractivity contribution >= 4 is 0 Å². The number of nitrogens with two attached hydrogens (primary N) is 1. The van der Waals surface area contributed by atoms with Crippen LogP contribution in [0.25, 0.3) is 0 Å². The van der Waals surface area contributed by atoms with E-state index in [1.807, 2.05) is 42.1 Å². The summed E-state index contributed by atoms with van der Waals surface area (Å²) in [7, 11) is 3.27. The Bertz CT molecular complexity index is 551. The lowest BCUT2D eigenvalue weighted by Crippen LogP contribution is -2.19. The largest absolute Gasteiger partial charge is 0.497 e. The van der Waals surface area contributed by atoms with Gasteiger partial charge in [-0.1, -0.05) is 0 Å². The van der Waals surface area contributed by atoms with Crippen LogP contribution >= 0.6 is 0 Å². The molecule has 0 aliphatic rings. The first-order valence-electron chi connectivity index (χ1n) is 6.11. The van der Waals surface area contributed by atoms with Crippen LogP contribution in [0, 0.1) is 6.92 Å². The predicted octanol–water partition coefficient (Wildman–Crippen LogP) is 1.91. The highest BCUT2D eigenvalue weighted by molar-refractivity contribution is 5.42. The molecule has 0 aliphatic heterocycles. The van der Waals surface area contributed by atoms with Gasteiger partial charge in [-0.05, 0) is 31.2 Å². The second-order valence-corrected chi connectivity index (χ2v) is 4.39. The van der Waals surface area contributed by atoms with Crippen molar-refractivity contribution in [1.82, 2.24) is 9.78 Å². The van der Waals surface area contributed by atoms with Crippen LogP contribution in [0.15, 0.2) is 30.5 Å². The van der Waals surface area contributed by atoms with Crippen LogP contribution < -0.4 is 15.2 Å². The molecule has 0 amide bonds. The van der Waals surface area contributed by atoms with Crippen LogP contribution in [0.4, 0.5) is 0 Å². The van der Waals surface area contributed by atoms with Gasteiger partial charge in [0.15, 0.2) is 0 Å². The van der Waals surface area contributed by atoms with E-state index in [1.54, 1.807) is 14.2 Å². The second kappa shape index (κ2) is 5.75. The maximum absolute atomic E-state index is 6.24. The lowest BCUT2D eigenvalue weighted by Gasteiger charge is -2.16. The number of benzene rings is 1. The van der Waals surface area contributed by atoms with Crippen molar-refractivity contribution in [3.05, 3.63) is 41.7 Å². The fourth-order valence-corrected chi connectivity index (χ4v) is 1.99. The summed E-state index contributed by atoms with van der Waals surface area (Å²) >= 11 is 0. The zero-order chi connectivity index (χ0) is 13.8. The third-order valence-corrected chi connectivity index (χ3v) is 2.99. The van der Waals surface area contributed by atoms with Gasteiger partial charge >= 0.3 is 0 Å². The van der Waals surface area contributed by atoms with Crippen molar-refractivity contribution in [3.63, 3.8) is 0 Å². The average molecular weight is 261 g/mol. The Morgan fingerprint density at radius 2 is 2.05 bits per heavy atom. The summed E-state index contributed by atoms with van der Waals surface area (Å²) in [5.74, 6) is 1.53. The van der Waals surface area contributed by atoms with E-state index < -0.39 is 0 Å². The summed E-state index contributed by atoms with van der Waals surface area (Å²) in [5, 5.41) is 4.34. The molecule has 5 heteroatoms. The summed E-state index contributed by atoms with van der Waals surface area (Å²) in [6.07, 6.45) is 1.92. The minimum absolute atomic E-state index is 0.204. The predicted molar refractivity (Wildman–Crippen MR) is 73.4 cm³/mol. The van der Waals surface area contributed by atoms with E-state index in [4.69, 9.17) is 15.2 Å². The van der Waals surface area contributed by atoms with Gasteiger partial charge in [-0.25, -0.2) is 0 Å². The maximum Gasteiger partial charge on any atom is 0.123 e. The molecule has 102 valence electrons. The third kappa shape index (κ3) is 3.06. The van der Waals surface area contributed by atoms with E-state index in [0.717, 1.165) is 22.8 Å². The van der Waals surface area contributed by atoms with Gasteiger partial charge in [0.25, 0.3) is 0 Å². The van der Waals surface area contributed by atoms with Crippen molar-refractivity contribution in [1.29, 1.82) is 0 Å². The first-order valence-corrected chi connectivity index (χ1v) is 6.11. The summed E-state index contributed by atoms with van der Waals surface area (Å²) in [4.78, 5) is 0. The molecular formula is C14H19N3O2. The number of hydrogen-bond acceptors (Lipinski definition) is 4. The molecule has 1 heterocycles. The first-order chi connectivity index (χ1) is 9.13. The van der Waals surface area contributed by atoms with Crippen LogP contribution in [0.3, 0.4) is 0 Å². The van der Waals surface area contributed by atoms with Crippen LogP contribution in [0.5, 0.6) is 11.5 Å². The Hall–Kier alpha value is -2.01. The molecule has 0 aliphatic carbocycles. The Labute approximate surface area is 112 Å². The zero-order valence-electron chi connectivity index (χ0n) is 11.5. The van der Waals surface area contributed by atoms with Crippen molar-refractivity contribution < 1.29 is 9.47 Å². The first kappa shape index (κ1) is 13.4. The number of aromatic nitrogens is 2. The van der Waals surface area contributed by atoms with Gasteiger partial charge in [0.1, 0.15) is 11.5 Å². The normalized spacial score (nSPS) is 12.2. The van der Waals surface area contributed by atoms with E-state index in [1.165, 1.54) is 0 Å². The Morgan fingerprint density at radius 1 is 1.26 bits per heavy atom. The van der Waals surface area contributed by atoms with Gasteiger partial charge in [-0.3, -0.25) is 4.68 Å². The van der Waals surface area contributed by atoms with Gasteiger partial charge in [0.2, 0.25) is 0 Å². The van der Waals surface area contributed by atoms with Gasteiger partial charge in [0, 0.05) is 11.8 Å². The van der Waals surface area contributed by atoms with E-state index in [2.05, 4.69) is 5.10 Å². The van der Waals surface area contributed by atoms with Crippen LogP contribution in [-0.4, -0.2) is 24.0 Å².